The zero-order valence-electron chi connectivity index (χ0n) is 31.5. The molecule has 0 fully saturated rings. The van der Waals surface area contributed by atoms with Crippen molar-refractivity contribution in [3.8, 4) is 61.7 Å². The van der Waals surface area contributed by atoms with E-state index in [-0.39, 0.29) is 12.1 Å². The zero-order valence-corrected chi connectivity index (χ0v) is 31.5. The van der Waals surface area contributed by atoms with Crippen LogP contribution < -0.4 is 0 Å². The second-order valence-corrected chi connectivity index (χ2v) is 14.7. The Bertz CT molecular complexity index is 3110. The summed E-state index contributed by atoms with van der Waals surface area (Å²) >= 11 is 0. The normalized spacial score (nSPS) is 15.7. The first kappa shape index (κ1) is 33.7. The average Bonchev–Trinajstić information content (AvgIpc) is 3.90. The van der Waals surface area contributed by atoms with Gasteiger partial charge in [-0.2, -0.15) is 0 Å². The zero-order chi connectivity index (χ0) is 38.4. The lowest BCUT2D eigenvalue weighted by atomic mass is 9.95. The molecule has 5 heteroatoms. The lowest BCUT2D eigenvalue weighted by Crippen LogP contribution is -2.19. The molecule has 0 spiro atoms. The van der Waals surface area contributed by atoms with Crippen LogP contribution in [0.25, 0.3) is 83.6 Å². The van der Waals surface area contributed by atoms with Crippen molar-refractivity contribution in [2.24, 2.45) is 4.99 Å². The number of fused-ring (bicyclic) bond motifs is 4. The second kappa shape index (κ2) is 14.1. The molecule has 9 aromatic rings. The predicted molar refractivity (Wildman–Crippen MR) is 237 cm³/mol. The minimum absolute atomic E-state index is 0.0315. The summed E-state index contributed by atoms with van der Waals surface area (Å²) in [5, 5.41) is 1.09. The van der Waals surface area contributed by atoms with Gasteiger partial charge in [-0.25, -0.2) is 15.0 Å². The van der Waals surface area contributed by atoms with Crippen LogP contribution in [-0.4, -0.2) is 32.6 Å². The Morgan fingerprint density at radius 1 is 0.448 bits per heavy atom. The molecule has 274 valence electrons. The summed E-state index contributed by atoms with van der Waals surface area (Å²) in [6.07, 6.45) is 8.19. The largest absolute Gasteiger partial charge is 0.467 e. The molecule has 2 atom stereocenters. The number of aromatic nitrogens is 3. The molecular formula is C53H36N4O. The van der Waals surface area contributed by atoms with Crippen LogP contribution >= 0.6 is 0 Å². The third kappa shape index (κ3) is 6.01. The van der Waals surface area contributed by atoms with Crippen LogP contribution in [0.1, 0.15) is 5.56 Å². The van der Waals surface area contributed by atoms with Gasteiger partial charge in [0.1, 0.15) is 17.7 Å². The molecule has 58 heavy (non-hydrogen) atoms. The summed E-state index contributed by atoms with van der Waals surface area (Å²) in [6.45, 7) is 0. The van der Waals surface area contributed by atoms with Gasteiger partial charge in [-0.15, -0.1) is 0 Å². The number of hydrogen-bond acceptors (Lipinski definition) is 4. The van der Waals surface area contributed by atoms with E-state index in [1.165, 1.54) is 0 Å². The topological polar surface area (TPSA) is 52.3 Å². The van der Waals surface area contributed by atoms with E-state index in [1.807, 2.05) is 24.3 Å². The molecule has 0 radical (unpaired) electrons. The first-order chi connectivity index (χ1) is 28.7. The number of ether oxygens (including phenoxy) is 1. The number of para-hydroxylation sites is 2. The van der Waals surface area contributed by atoms with Gasteiger partial charge in [0.15, 0.2) is 5.82 Å². The van der Waals surface area contributed by atoms with Crippen LogP contribution in [0.15, 0.2) is 211 Å². The van der Waals surface area contributed by atoms with E-state index in [9.17, 15) is 0 Å². The molecule has 0 saturated heterocycles. The van der Waals surface area contributed by atoms with E-state index in [1.54, 1.807) is 0 Å². The van der Waals surface area contributed by atoms with E-state index >= 15 is 0 Å². The van der Waals surface area contributed by atoms with Crippen LogP contribution in [0, 0.1) is 0 Å². The van der Waals surface area contributed by atoms with Crippen LogP contribution in [0.4, 0.5) is 0 Å². The first-order valence-corrected chi connectivity index (χ1v) is 19.7. The minimum atomic E-state index is -0.0315. The highest BCUT2D eigenvalue weighted by Gasteiger charge is 2.29. The highest BCUT2D eigenvalue weighted by molar-refractivity contribution is 6.11. The highest BCUT2D eigenvalue weighted by Crippen LogP contribution is 2.39. The van der Waals surface area contributed by atoms with Gasteiger partial charge >= 0.3 is 0 Å². The third-order valence-electron chi connectivity index (χ3n) is 11.1. The van der Waals surface area contributed by atoms with Gasteiger partial charge in [0.25, 0.3) is 0 Å². The van der Waals surface area contributed by atoms with Gasteiger partial charge < -0.3 is 9.30 Å². The summed E-state index contributed by atoms with van der Waals surface area (Å²) < 4.78 is 8.51. The average molecular weight is 745 g/mol. The van der Waals surface area contributed by atoms with E-state index < -0.39 is 0 Å². The molecule has 2 aromatic heterocycles. The second-order valence-electron chi connectivity index (χ2n) is 14.7. The Labute approximate surface area is 336 Å². The van der Waals surface area contributed by atoms with Crippen molar-refractivity contribution in [1.29, 1.82) is 0 Å². The summed E-state index contributed by atoms with van der Waals surface area (Å²) in [6, 6.07) is 64.0. The smallest absolute Gasteiger partial charge is 0.217 e. The maximum atomic E-state index is 6.21. The Morgan fingerprint density at radius 2 is 0.966 bits per heavy atom. The quantitative estimate of drug-likeness (QED) is 0.163. The van der Waals surface area contributed by atoms with Crippen LogP contribution in [0.5, 0.6) is 0 Å². The highest BCUT2D eigenvalue weighted by atomic mass is 16.5. The molecule has 2 unspecified atom stereocenters. The molecular weight excluding hydrogens is 709 g/mol. The van der Waals surface area contributed by atoms with Gasteiger partial charge in [-0.1, -0.05) is 152 Å². The number of rotatable bonds is 7. The molecule has 0 N–H and O–H groups in total. The number of allylic oxidation sites excluding steroid dienone is 2. The Morgan fingerprint density at radius 3 is 1.62 bits per heavy atom. The SMILES string of the molecule is C1=CC2N=C(c3cccc(-c4cccc(-c5cccc(-c6cccc(-c7nc(-c8ccccc8)c8c(n7)c7ccccc7n8-c7ccccc7)c6)c5)c4)c3)OC2C=C1. The minimum Gasteiger partial charge on any atom is -0.467 e. The molecule has 5 nitrogen and oxygen atoms in total. The van der Waals surface area contributed by atoms with Gasteiger partial charge in [0, 0.05) is 27.8 Å². The Hall–Kier alpha value is -7.63. The fourth-order valence-corrected chi connectivity index (χ4v) is 8.28. The molecule has 11 rings (SSSR count). The van der Waals surface area contributed by atoms with Crippen LogP contribution in [0.3, 0.4) is 0 Å². The van der Waals surface area contributed by atoms with Gasteiger partial charge in [0.2, 0.25) is 5.90 Å². The molecule has 7 aromatic carbocycles. The van der Waals surface area contributed by atoms with Crippen molar-refractivity contribution < 1.29 is 4.74 Å². The van der Waals surface area contributed by atoms with E-state index in [4.69, 9.17) is 19.7 Å². The fourth-order valence-electron chi connectivity index (χ4n) is 8.28. The molecule has 0 bridgehead atoms. The van der Waals surface area contributed by atoms with E-state index in [0.717, 1.165) is 83.4 Å². The standard InChI is InChI=1S/C53H36N4O/c1-3-15-35(16-4-1)49-51-50(45-27-7-9-29-47(45)57(51)44-25-5-2-6-26-44)56-52(55-49)42-23-13-21-40(33-42)38-19-11-17-36(31-38)37-18-12-20-39(32-37)41-22-14-24-43(34-41)53-54-46-28-8-10-30-48(46)58-53/h1-34,46,48H. The molecule has 0 saturated carbocycles. The number of benzene rings is 7. The number of hydrogen-bond donors (Lipinski definition) is 0. The number of aliphatic imine (C=N–C) groups is 1. The lowest BCUT2D eigenvalue weighted by molar-refractivity contribution is 0.255. The molecule has 1 aliphatic carbocycles. The van der Waals surface area contributed by atoms with Gasteiger partial charge in [-0.3, -0.25) is 0 Å². The summed E-state index contributed by atoms with van der Waals surface area (Å²) in [4.78, 5) is 15.5. The Balaban J connectivity index is 0.965. The van der Waals surface area contributed by atoms with E-state index in [2.05, 4.69) is 187 Å². The lowest BCUT2D eigenvalue weighted by Gasteiger charge is -2.13. The van der Waals surface area contributed by atoms with Crippen molar-refractivity contribution in [2.75, 3.05) is 0 Å². The van der Waals surface area contributed by atoms with Crippen LogP contribution in [-0.2, 0) is 4.74 Å². The molecule has 1 aliphatic heterocycles. The fraction of sp³-hybridized carbons (Fsp3) is 0.0377. The van der Waals surface area contributed by atoms with Gasteiger partial charge in [-0.05, 0) is 88.0 Å². The van der Waals surface area contributed by atoms with Crippen molar-refractivity contribution >= 4 is 27.8 Å². The third-order valence-corrected chi connectivity index (χ3v) is 11.1. The predicted octanol–water partition coefficient (Wildman–Crippen LogP) is 12.5. The van der Waals surface area contributed by atoms with Crippen LogP contribution in [0.2, 0.25) is 0 Å². The summed E-state index contributed by atoms with van der Waals surface area (Å²) in [7, 11) is 0. The van der Waals surface area contributed by atoms with Crippen molar-refractivity contribution in [2.45, 2.75) is 12.1 Å². The van der Waals surface area contributed by atoms with Crippen molar-refractivity contribution in [3.05, 3.63) is 212 Å². The van der Waals surface area contributed by atoms with Crippen molar-refractivity contribution in [3.63, 3.8) is 0 Å². The van der Waals surface area contributed by atoms with Gasteiger partial charge in [0.05, 0.1) is 16.7 Å². The molecule has 0 amide bonds. The molecule has 3 heterocycles. The summed E-state index contributed by atoms with van der Waals surface area (Å²) in [5.41, 5.74) is 14.8. The Kier molecular flexibility index (Phi) is 8.21. The van der Waals surface area contributed by atoms with Crippen molar-refractivity contribution in [1.82, 2.24) is 14.5 Å². The maximum absolute atomic E-state index is 6.21. The summed E-state index contributed by atoms with van der Waals surface area (Å²) in [5.74, 6) is 1.38. The molecule has 2 aliphatic rings. The maximum Gasteiger partial charge on any atom is 0.217 e. The van der Waals surface area contributed by atoms with E-state index in [0.29, 0.717) is 11.7 Å². The number of nitrogens with zero attached hydrogens (tertiary/aromatic N) is 4. The monoisotopic (exact) mass is 744 g/mol. The first-order valence-electron chi connectivity index (χ1n) is 19.7.